The predicted octanol–water partition coefficient (Wildman–Crippen LogP) is 1.77. The minimum atomic E-state index is -0.374. The summed E-state index contributed by atoms with van der Waals surface area (Å²) in [5.41, 5.74) is 1.12. The molecule has 0 aliphatic carbocycles. The number of carbonyl (C=O) groups is 1. The molecule has 0 heterocycles. The van der Waals surface area contributed by atoms with Gasteiger partial charge >= 0.3 is 0 Å². The molecule has 1 rings (SSSR count). The first-order valence-corrected chi connectivity index (χ1v) is 7.37. The smallest absolute Gasteiger partial charge is 0.263 e. The number of hydrogen-bond acceptors (Lipinski definition) is 5. The van der Waals surface area contributed by atoms with Crippen LogP contribution in [0.25, 0.3) is 0 Å². The van der Waals surface area contributed by atoms with Crippen molar-refractivity contribution < 1.29 is 14.3 Å². The van der Waals surface area contributed by atoms with Crippen molar-refractivity contribution in [1.29, 1.82) is 5.26 Å². The van der Waals surface area contributed by atoms with Gasteiger partial charge < -0.3 is 20.1 Å². The lowest BCUT2D eigenvalue weighted by Crippen LogP contribution is -2.31. The zero-order chi connectivity index (χ0) is 17.2. The van der Waals surface area contributed by atoms with Crippen LogP contribution in [-0.2, 0) is 11.2 Å². The molecule has 1 amide bonds. The minimum Gasteiger partial charge on any atom is -0.493 e. The van der Waals surface area contributed by atoms with Crippen molar-refractivity contribution in [1.82, 2.24) is 10.6 Å². The molecule has 6 heteroatoms. The van der Waals surface area contributed by atoms with Gasteiger partial charge in [0, 0.05) is 18.8 Å². The minimum absolute atomic E-state index is 0.00832. The number of amides is 1. The molecule has 0 unspecified atom stereocenters. The first-order chi connectivity index (χ1) is 11.0. The Labute approximate surface area is 137 Å². The number of nitrogens with zero attached hydrogens (tertiary/aromatic N) is 1. The third-order valence-electron chi connectivity index (χ3n) is 3.04. The number of hydrogen-bond donors (Lipinski definition) is 2. The fraction of sp³-hybridized carbons (Fsp3) is 0.412. The second kappa shape index (κ2) is 9.36. The van der Waals surface area contributed by atoms with Crippen LogP contribution in [0.15, 0.2) is 30.0 Å². The Bertz CT molecular complexity index is 604. The van der Waals surface area contributed by atoms with Crippen molar-refractivity contribution in [2.75, 3.05) is 20.8 Å². The summed E-state index contributed by atoms with van der Waals surface area (Å²) in [5.74, 6) is 0.983. The lowest BCUT2D eigenvalue weighted by Gasteiger charge is -2.10. The molecule has 23 heavy (non-hydrogen) atoms. The molecule has 1 aromatic rings. The molecule has 0 spiro atoms. The maximum atomic E-state index is 11.7. The number of rotatable bonds is 8. The standard InChI is InChI=1S/C17H23N3O3/c1-12(2)20-17(21)14(10-18)11-19-8-7-13-5-6-15(22-3)16(9-13)23-4/h5-6,9,11-12,19H,7-8H2,1-4H3,(H,20,21)/b14-11-. The van der Waals surface area contributed by atoms with Crippen molar-refractivity contribution in [3.63, 3.8) is 0 Å². The molecule has 1 aromatic carbocycles. The Morgan fingerprint density at radius 3 is 2.57 bits per heavy atom. The van der Waals surface area contributed by atoms with Crippen LogP contribution in [0.5, 0.6) is 11.5 Å². The Morgan fingerprint density at radius 1 is 1.30 bits per heavy atom. The van der Waals surface area contributed by atoms with E-state index in [-0.39, 0.29) is 17.5 Å². The first-order valence-electron chi connectivity index (χ1n) is 7.37. The number of nitrogens with one attached hydrogen (secondary N) is 2. The van der Waals surface area contributed by atoms with E-state index in [9.17, 15) is 4.79 Å². The van der Waals surface area contributed by atoms with Crippen LogP contribution < -0.4 is 20.1 Å². The van der Waals surface area contributed by atoms with Crippen LogP contribution in [0.2, 0.25) is 0 Å². The van der Waals surface area contributed by atoms with E-state index >= 15 is 0 Å². The van der Waals surface area contributed by atoms with Gasteiger partial charge in [-0.25, -0.2) is 0 Å². The highest BCUT2D eigenvalue weighted by Crippen LogP contribution is 2.27. The van der Waals surface area contributed by atoms with Gasteiger partial charge in [0.05, 0.1) is 14.2 Å². The van der Waals surface area contributed by atoms with Gasteiger partial charge in [0.25, 0.3) is 5.91 Å². The second-order valence-corrected chi connectivity index (χ2v) is 5.19. The van der Waals surface area contributed by atoms with Crippen molar-refractivity contribution in [3.8, 4) is 17.6 Å². The normalized spacial score (nSPS) is 10.9. The average molecular weight is 317 g/mol. The SMILES string of the molecule is COc1ccc(CCN/C=C(/C#N)C(=O)NC(C)C)cc1OC. The van der Waals surface area contributed by atoms with Crippen LogP contribution in [0, 0.1) is 11.3 Å². The maximum Gasteiger partial charge on any atom is 0.263 e. The van der Waals surface area contributed by atoms with Gasteiger partial charge in [-0.05, 0) is 38.0 Å². The molecular formula is C17H23N3O3. The van der Waals surface area contributed by atoms with Gasteiger partial charge in [-0.2, -0.15) is 5.26 Å². The van der Waals surface area contributed by atoms with Crippen LogP contribution in [0.1, 0.15) is 19.4 Å². The first kappa shape index (κ1) is 18.4. The highest BCUT2D eigenvalue weighted by molar-refractivity contribution is 5.97. The molecule has 0 radical (unpaired) electrons. The summed E-state index contributed by atoms with van der Waals surface area (Å²) in [6.07, 6.45) is 2.17. The second-order valence-electron chi connectivity index (χ2n) is 5.19. The molecule has 6 nitrogen and oxygen atoms in total. The van der Waals surface area contributed by atoms with E-state index in [0.717, 1.165) is 12.0 Å². The summed E-state index contributed by atoms with van der Waals surface area (Å²) in [6, 6.07) is 7.58. The van der Waals surface area contributed by atoms with E-state index in [1.165, 1.54) is 6.20 Å². The molecule has 0 atom stereocenters. The average Bonchev–Trinajstić information content (AvgIpc) is 2.53. The van der Waals surface area contributed by atoms with Gasteiger partial charge in [-0.15, -0.1) is 0 Å². The molecule has 0 bridgehead atoms. The summed E-state index contributed by atoms with van der Waals surface area (Å²) in [5, 5.41) is 14.7. The molecule has 0 saturated heterocycles. The monoisotopic (exact) mass is 317 g/mol. The number of ether oxygens (including phenoxy) is 2. The zero-order valence-electron chi connectivity index (χ0n) is 14.0. The van der Waals surface area contributed by atoms with Crippen LogP contribution in [-0.4, -0.2) is 32.7 Å². The molecular weight excluding hydrogens is 294 g/mol. The maximum absolute atomic E-state index is 11.7. The fourth-order valence-corrected chi connectivity index (χ4v) is 1.92. The van der Waals surface area contributed by atoms with Crippen LogP contribution >= 0.6 is 0 Å². The van der Waals surface area contributed by atoms with Gasteiger partial charge in [-0.3, -0.25) is 4.79 Å². The Kier molecular flexibility index (Phi) is 7.48. The fourth-order valence-electron chi connectivity index (χ4n) is 1.92. The molecule has 124 valence electrons. The highest BCUT2D eigenvalue weighted by atomic mass is 16.5. The van der Waals surface area contributed by atoms with E-state index in [1.54, 1.807) is 14.2 Å². The molecule has 0 fully saturated rings. The Balaban J connectivity index is 2.58. The summed E-state index contributed by atoms with van der Waals surface area (Å²) in [6.45, 7) is 4.28. The van der Waals surface area contributed by atoms with Gasteiger partial charge in [-0.1, -0.05) is 6.07 Å². The summed E-state index contributed by atoms with van der Waals surface area (Å²) in [4.78, 5) is 11.7. The van der Waals surface area contributed by atoms with E-state index in [1.807, 2.05) is 38.1 Å². The quantitative estimate of drug-likeness (QED) is 0.434. The van der Waals surface area contributed by atoms with Crippen molar-refractivity contribution in [2.45, 2.75) is 26.3 Å². The third kappa shape index (κ3) is 5.91. The lowest BCUT2D eigenvalue weighted by atomic mass is 10.1. The van der Waals surface area contributed by atoms with E-state index < -0.39 is 0 Å². The predicted molar refractivity (Wildman–Crippen MR) is 88.2 cm³/mol. The largest absolute Gasteiger partial charge is 0.493 e. The summed E-state index contributed by atoms with van der Waals surface area (Å²) in [7, 11) is 3.19. The summed E-state index contributed by atoms with van der Waals surface area (Å²) >= 11 is 0. The molecule has 0 aliphatic rings. The van der Waals surface area contributed by atoms with Crippen LogP contribution in [0.4, 0.5) is 0 Å². The molecule has 0 aliphatic heterocycles. The van der Waals surface area contributed by atoms with E-state index in [2.05, 4.69) is 10.6 Å². The molecule has 0 saturated carbocycles. The number of carbonyl (C=O) groups excluding carboxylic acids is 1. The third-order valence-corrected chi connectivity index (χ3v) is 3.04. The van der Waals surface area contributed by atoms with E-state index in [0.29, 0.717) is 18.0 Å². The van der Waals surface area contributed by atoms with Gasteiger partial charge in [0.15, 0.2) is 11.5 Å². The molecule has 0 aromatic heterocycles. The highest BCUT2D eigenvalue weighted by Gasteiger charge is 2.09. The van der Waals surface area contributed by atoms with Gasteiger partial charge in [0.1, 0.15) is 11.6 Å². The summed E-state index contributed by atoms with van der Waals surface area (Å²) < 4.78 is 10.4. The number of nitriles is 1. The topological polar surface area (TPSA) is 83.4 Å². The Hall–Kier alpha value is -2.68. The zero-order valence-corrected chi connectivity index (χ0v) is 14.0. The van der Waals surface area contributed by atoms with Crippen molar-refractivity contribution in [3.05, 3.63) is 35.5 Å². The van der Waals surface area contributed by atoms with E-state index in [4.69, 9.17) is 14.7 Å². The Morgan fingerprint density at radius 2 is 2.00 bits per heavy atom. The number of methoxy groups -OCH3 is 2. The van der Waals surface area contributed by atoms with Gasteiger partial charge in [0.2, 0.25) is 0 Å². The van der Waals surface area contributed by atoms with Crippen molar-refractivity contribution in [2.24, 2.45) is 0 Å². The van der Waals surface area contributed by atoms with Crippen LogP contribution in [0.3, 0.4) is 0 Å². The number of benzene rings is 1. The lowest BCUT2D eigenvalue weighted by molar-refractivity contribution is -0.117. The molecule has 2 N–H and O–H groups in total. The van der Waals surface area contributed by atoms with Crippen molar-refractivity contribution >= 4 is 5.91 Å².